The summed E-state index contributed by atoms with van der Waals surface area (Å²) in [6.45, 7) is 0. The van der Waals surface area contributed by atoms with Crippen molar-refractivity contribution in [3.63, 3.8) is 0 Å². The molecule has 6 heteroatoms. The minimum atomic E-state index is -2.94. The summed E-state index contributed by atoms with van der Waals surface area (Å²) in [5.74, 6) is 0.888. The lowest BCUT2D eigenvalue weighted by Crippen LogP contribution is -2.23. The largest absolute Gasteiger partial charge is 0.496 e. The minimum Gasteiger partial charge on any atom is -0.496 e. The zero-order valence-electron chi connectivity index (χ0n) is 10.7. The van der Waals surface area contributed by atoms with Crippen molar-refractivity contribution in [1.29, 1.82) is 0 Å². The number of hydrogen-bond acceptors (Lipinski definition) is 4. The molecule has 1 saturated heterocycles. The zero-order valence-corrected chi connectivity index (χ0v) is 13.1. The Morgan fingerprint density at radius 2 is 2.26 bits per heavy atom. The second-order valence-electron chi connectivity index (χ2n) is 4.90. The van der Waals surface area contributed by atoms with Crippen molar-refractivity contribution in [3.8, 4) is 5.75 Å². The molecule has 19 heavy (non-hydrogen) atoms. The predicted octanol–water partition coefficient (Wildman–Crippen LogP) is 1.80. The molecular weight excluding hydrogens is 332 g/mol. The first kappa shape index (κ1) is 14.8. The molecule has 0 saturated carbocycles. The van der Waals surface area contributed by atoms with Crippen molar-refractivity contribution >= 4 is 25.8 Å². The molecule has 0 aromatic heterocycles. The van der Waals surface area contributed by atoms with Gasteiger partial charge < -0.3 is 9.84 Å². The Morgan fingerprint density at radius 3 is 2.79 bits per heavy atom. The molecule has 1 aromatic carbocycles. The average Bonchev–Trinajstić information content (AvgIpc) is 2.70. The van der Waals surface area contributed by atoms with Crippen molar-refractivity contribution in [2.24, 2.45) is 5.92 Å². The molecule has 0 aliphatic carbocycles. The number of sulfone groups is 1. The number of benzene rings is 1. The van der Waals surface area contributed by atoms with Crippen LogP contribution in [0.25, 0.3) is 0 Å². The summed E-state index contributed by atoms with van der Waals surface area (Å²) in [5.41, 5.74) is 0.962. The first-order valence-electron chi connectivity index (χ1n) is 6.12. The summed E-state index contributed by atoms with van der Waals surface area (Å²) in [6, 6.07) is 5.61. The molecule has 0 amide bonds. The van der Waals surface area contributed by atoms with Gasteiger partial charge in [0, 0.05) is 5.92 Å². The van der Waals surface area contributed by atoms with E-state index in [1.165, 1.54) is 0 Å². The first-order chi connectivity index (χ1) is 8.91. The lowest BCUT2D eigenvalue weighted by atomic mass is 9.96. The summed E-state index contributed by atoms with van der Waals surface area (Å²) in [4.78, 5) is 0. The summed E-state index contributed by atoms with van der Waals surface area (Å²) in [6.07, 6.45) is 0.404. The van der Waals surface area contributed by atoms with E-state index in [-0.39, 0.29) is 17.4 Å². The number of aliphatic hydroxyl groups is 1. The van der Waals surface area contributed by atoms with Gasteiger partial charge in [-0.25, -0.2) is 8.42 Å². The standard InChI is InChI=1S/C13H17BrO4S/c1-18-13-3-2-9(6-11(13)14)7-12(15)10-4-5-19(16,17)8-10/h2-3,6,10,12,15H,4-5,7-8H2,1H3. The molecule has 0 spiro atoms. The number of halogens is 1. The van der Waals surface area contributed by atoms with E-state index in [0.29, 0.717) is 12.8 Å². The van der Waals surface area contributed by atoms with E-state index in [9.17, 15) is 13.5 Å². The SMILES string of the molecule is COc1ccc(CC(O)C2CCS(=O)(=O)C2)cc1Br. The third-order valence-electron chi connectivity index (χ3n) is 3.47. The summed E-state index contributed by atoms with van der Waals surface area (Å²) in [5, 5.41) is 10.1. The van der Waals surface area contributed by atoms with Gasteiger partial charge in [-0.2, -0.15) is 0 Å². The van der Waals surface area contributed by atoms with Crippen molar-refractivity contribution < 1.29 is 18.3 Å². The Morgan fingerprint density at radius 1 is 1.53 bits per heavy atom. The van der Waals surface area contributed by atoms with Gasteiger partial charge in [0.2, 0.25) is 0 Å². The van der Waals surface area contributed by atoms with E-state index < -0.39 is 15.9 Å². The van der Waals surface area contributed by atoms with Gasteiger partial charge >= 0.3 is 0 Å². The predicted molar refractivity (Wildman–Crippen MR) is 77.2 cm³/mol. The van der Waals surface area contributed by atoms with Crippen LogP contribution < -0.4 is 4.74 Å². The van der Waals surface area contributed by atoms with Crippen LogP contribution in [-0.2, 0) is 16.3 Å². The Kier molecular flexibility index (Phi) is 4.53. The van der Waals surface area contributed by atoms with E-state index in [2.05, 4.69) is 15.9 Å². The zero-order chi connectivity index (χ0) is 14.0. The van der Waals surface area contributed by atoms with Crippen LogP contribution in [0.5, 0.6) is 5.75 Å². The number of methoxy groups -OCH3 is 1. The molecule has 0 bridgehead atoms. The molecule has 1 fully saturated rings. The molecule has 2 atom stereocenters. The molecule has 2 unspecified atom stereocenters. The molecule has 1 heterocycles. The first-order valence-corrected chi connectivity index (χ1v) is 8.73. The van der Waals surface area contributed by atoms with Crippen LogP contribution in [0.3, 0.4) is 0 Å². The van der Waals surface area contributed by atoms with Crippen molar-refractivity contribution in [2.45, 2.75) is 18.9 Å². The Labute approximate surface area is 121 Å². The molecule has 1 aromatic rings. The van der Waals surface area contributed by atoms with E-state index >= 15 is 0 Å². The maximum absolute atomic E-state index is 11.4. The highest BCUT2D eigenvalue weighted by atomic mass is 79.9. The third kappa shape index (κ3) is 3.70. The van der Waals surface area contributed by atoms with E-state index in [0.717, 1.165) is 15.8 Å². The fourth-order valence-electron chi connectivity index (χ4n) is 2.37. The molecule has 106 valence electrons. The van der Waals surface area contributed by atoms with Crippen LogP contribution >= 0.6 is 15.9 Å². The van der Waals surface area contributed by atoms with Crippen LogP contribution in [0.4, 0.5) is 0 Å². The highest BCUT2D eigenvalue weighted by Crippen LogP contribution is 2.28. The maximum Gasteiger partial charge on any atom is 0.150 e. The number of hydrogen-bond donors (Lipinski definition) is 1. The van der Waals surface area contributed by atoms with E-state index in [4.69, 9.17) is 4.74 Å². The van der Waals surface area contributed by atoms with Crippen LogP contribution in [-0.4, -0.2) is 38.2 Å². The van der Waals surface area contributed by atoms with Gasteiger partial charge in [0.25, 0.3) is 0 Å². The highest BCUT2D eigenvalue weighted by molar-refractivity contribution is 9.10. The lowest BCUT2D eigenvalue weighted by Gasteiger charge is -2.17. The van der Waals surface area contributed by atoms with Crippen molar-refractivity contribution in [2.75, 3.05) is 18.6 Å². The van der Waals surface area contributed by atoms with Crippen molar-refractivity contribution in [1.82, 2.24) is 0 Å². The fourth-order valence-corrected chi connectivity index (χ4v) is 4.83. The van der Waals surface area contributed by atoms with Gasteiger partial charge in [-0.3, -0.25) is 0 Å². The van der Waals surface area contributed by atoms with Gasteiger partial charge in [0.05, 0.1) is 29.2 Å². The van der Waals surface area contributed by atoms with Crippen LogP contribution in [0.2, 0.25) is 0 Å². The molecular formula is C13H17BrO4S. The quantitative estimate of drug-likeness (QED) is 0.900. The lowest BCUT2D eigenvalue weighted by molar-refractivity contribution is 0.120. The Hall–Kier alpha value is -0.590. The molecule has 1 aliphatic heterocycles. The van der Waals surface area contributed by atoms with Gasteiger partial charge in [-0.15, -0.1) is 0 Å². The molecule has 2 rings (SSSR count). The molecule has 1 N–H and O–H groups in total. The summed E-state index contributed by atoms with van der Waals surface area (Å²) < 4.78 is 28.8. The Balaban J connectivity index is 2.03. The second-order valence-corrected chi connectivity index (χ2v) is 7.99. The maximum atomic E-state index is 11.4. The normalized spacial score (nSPS) is 23.2. The van der Waals surface area contributed by atoms with Gasteiger partial charge in [-0.1, -0.05) is 6.07 Å². The number of aliphatic hydroxyl groups excluding tert-OH is 1. The smallest absolute Gasteiger partial charge is 0.150 e. The van der Waals surface area contributed by atoms with Crippen LogP contribution in [0.15, 0.2) is 22.7 Å². The fraction of sp³-hybridized carbons (Fsp3) is 0.538. The molecule has 0 radical (unpaired) electrons. The van der Waals surface area contributed by atoms with Crippen LogP contribution in [0, 0.1) is 5.92 Å². The highest BCUT2D eigenvalue weighted by Gasteiger charge is 2.32. The average molecular weight is 349 g/mol. The summed E-state index contributed by atoms with van der Waals surface area (Å²) >= 11 is 3.40. The number of rotatable bonds is 4. The van der Waals surface area contributed by atoms with Crippen LogP contribution in [0.1, 0.15) is 12.0 Å². The van der Waals surface area contributed by atoms with Gasteiger partial charge in [0.15, 0.2) is 9.84 Å². The minimum absolute atomic E-state index is 0.103. The van der Waals surface area contributed by atoms with E-state index in [1.807, 2.05) is 18.2 Å². The Bertz CT molecular complexity index is 556. The number of ether oxygens (including phenoxy) is 1. The topological polar surface area (TPSA) is 63.6 Å². The summed E-state index contributed by atoms with van der Waals surface area (Å²) in [7, 11) is -1.35. The molecule has 1 aliphatic rings. The van der Waals surface area contributed by atoms with Crippen molar-refractivity contribution in [3.05, 3.63) is 28.2 Å². The second kappa shape index (κ2) is 5.81. The molecule has 4 nitrogen and oxygen atoms in total. The monoisotopic (exact) mass is 348 g/mol. The third-order valence-corrected chi connectivity index (χ3v) is 5.89. The van der Waals surface area contributed by atoms with E-state index in [1.54, 1.807) is 7.11 Å². The van der Waals surface area contributed by atoms with Gasteiger partial charge in [0.1, 0.15) is 5.75 Å². The van der Waals surface area contributed by atoms with Gasteiger partial charge in [-0.05, 0) is 46.5 Å².